The van der Waals surface area contributed by atoms with Crippen molar-refractivity contribution in [1.29, 1.82) is 0 Å². The number of furan rings is 1. The number of likely N-dealkylation sites (N-methyl/N-ethyl adjacent to an activating group) is 1. The zero-order valence-corrected chi connectivity index (χ0v) is 7.41. The molecule has 0 aliphatic carbocycles. The van der Waals surface area contributed by atoms with Gasteiger partial charge in [0.25, 0.3) is 0 Å². The van der Waals surface area contributed by atoms with Crippen LogP contribution in [0.1, 0.15) is 11.3 Å². The molecule has 0 aromatic carbocycles. The van der Waals surface area contributed by atoms with Gasteiger partial charge < -0.3 is 9.21 Å². The highest BCUT2D eigenvalue weighted by molar-refractivity contribution is 5.51. The van der Waals surface area contributed by atoms with Gasteiger partial charge >= 0.3 is 0 Å². The molecule has 0 fully saturated rings. The normalized spacial score (nSPS) is 10.6. The largest absolute Gasteiger partial charge is 0.469 e. The van der Waals surface area contributed by atoms with Gasteiger partial charge in [-0.2, -0.15) is 0 Å². The van der Waals surface area contributed by atoms with E-state index in [4.69, 9.17) is 4.42 Å². The van der Waals surface area contributed by atoms with E-state index < -0.39 is 0 Å². The molecule has 0 amide bonds. The Balaban J connectivity index is 2.51. The Bertz CT molecular complexity index is 255. The summed E-state index contributed by atoms with van der Waals surface area (Å²) in [6, 6.07) is 1.93. The van der Waals surface area contributed by atoms with Crippen molar-refractivity contribution in [3.63, 3.8) is 0 Å². The maximum atomic E-state index is 10.2. The molecule has 1 aromatic rings. The fraction of sp³-hybridized carbons (Fsp3) is 0.444. The topological polar surface area (TPSA) is 33.5 Å². The summed E-state index contributed by atoms with van der Waals surface area (Å²) in [4.78, 5) is 12.1. The number of carbonyl (C=O) groups excluding carboxylic acids is 1. The predicted molar refractivity (Wildman–Crippen MR) is 45.8 cm³/mol. The van der Waals surface area contributed by atoms with Crippen molar-refractivity contribution in [2.24, 2.45) is 0 Å². The second kappa shape index (κ2) is 4.07. The monoisotopic (exact) mass is 167 g/mol. The lowest BCUT2D eigenvalue weighted by Crippen LogP contribution is -2.19. The number of aldehydes is 1. The summed E-state index contributed by atoms with van der Waals surface area (Å²) in [6.45, 7) is 3.15. The first kappa shape index (κ1) is 9.00. The van der Waals surface area contributed by atoms with Crippen LogP contribution >= 0.6 is 0 Å². The molecule has 1 aromatic heterocycles. The van der Waals surface area contributed by atoms with Crippen LogP contribution in [-0.4, -0.2) is 24.8 Å². The maximum absolute atomic E-state index is 10.2. The molecule has 0 spiro atoms. The average Bonchev–Trinajstić information content (AvgIpc) is 2.37. The van der Waals surface area contributed by atoms with E-state index in [2.05, 4.69) is 0 Å². The van der Waals surface area contributed by atoms with Crippen molar-refractivity contribution in [1.82, 2.24) is 4.90 Å². The van der Waals surface area contributed by atoms with Crippen molar-refractivity contribution >= 4 is 6.29 Å². The standard InChI is InChI=1S/C9H13NO2/c1-8-9(3-6-12-8)7-10(2)4-5-11/h3,5-6H,4,7H2,1-2H3. The molecule has 0 saturated carbocycles. The van der Waals surface area contributed by atoms with E-state index in [1.165, 1.54) is 0 Å². The van der Waals surface area contributed by atoms with E-state index in [0.717, 1.165) is 24.2 Å². The lowest BCUT2D eigenvalue weighted by atomic mass is 10.2. The summed E-state index contributed by atoms with van der Waals surface area (Å²) >= 11 is 0. The van der Waals surface area contributed by atoms with Gasteiger partial charge in [-0.05, 0) is 20.0 Å². The van der Waals surface area contributed by atoms with Crippen molar-refractivity contribution in [2.45, 2.75) is 13.5 Å². The molecule has 0 bridgehead atoms. The third-order valence-electron chi connectivity index (χ3n) is 1.79. The quantitative estimate of drug-likeness (QED) is 0.632. The van der Waals surface area contributed by atoms with Crippen LogP contribution in [0.5, 0.6) is 0 Å². The summed E-state index contributed by atoms with van der Waals surface area (Å²) < 4.78 is 5.13. The molecule has 0 saturated heterocycles. The second-order valence-electron chi connectivity index (χ2n) is 2.87. The number of rotatable bonds is 4. The minimum Gasteiger partial charge on any atom is -0.469 e. The Morgan fingerprint density at radius 1 is 1.67 bits per heavy atom. The zero-order valence-electron chi connectivity index (χ0n) is 7.41. The van der Waals surface area contributed by atoms with E-state index in [0.29, 0.717) is 6.54 Å². The lowest BCUT2D eigenvalue weighted by Gasteiger charge is -2.11. The fourth-order valence-electron chi connectivity index (χ4n) is 1.06. The molecule has 0 atom stereocenters. The first-order valence-electron chi connectivity index (χ1n) is 3.89. The Morgan fingerprint density at radius 3 is 2.92 bits per heavy atom. The van der Waals surface area contributed by atoms with Crippen LogP contribution in [0.15, 0.2) is 16.7 Å². The molecule has 3 heteroatoms. The molecule has 0 aliphatic heterocycles. The van der Waals surface area contributed by atoms with E-state index in [1.807, 2.05) is 24.9 Å². The Labute approximate surface area is 72.0 Å². The number of hydrogen-bond acceptors (Lipinski definition) is 3. The average molecular weight is 167 g/mol. The third-order valence-corrected chi connectivity index (χ3v) is 1.79. The van der Waals surface area contributed by atoms with Crippen LogP contribution in [0.4, 0.5) is 0 Å². The summed E-state index contributed by atoms with van der Waals surface area (Å²) in [5, 5.41) is 0. The SMILES string of the molecule is Cc1occc1CN(C)CC=O. The van der Waals surface area contributed by atoms with Crippen molar-refractivity contribution < 1.29 is 9.21 Å². The molecule has 66 valence electrons. The summed E-state index contributed by atoms with van der Waals surface area (Å²) in [6.07, 6.45) is 2.56. The molecule has 12 heavy (non-hydrogen) atoms. The highest BCUT2D eigenvalue weighted by atomic mass is 16.3. The highest BCUT2D eigenvalue weighted by Crippen LogP contribution is 2.10. The van der Waals surface area contributed by atoms with Crippen LogP contribution in [0, 0.1) is 6.92 Å². The summed E-state index contributed by atoms with van der Waals surface area (Å²) in [5.74, 6) is 0.924. The van der Waals surface area contributed by atoms with Crippen LogP contribution in [0.25, 0.3) is 0 Å². The van der Waals surface area contributed by atoms with Crippen molar-refractivity contribution in [2.75, 3.05) is 13.6 Å². The van der Waals surface area contributed by atoms with Gasteiger partial charge in [0.1, 0.15) is 12.0 Å². The molecule has 0 N–H and O–H groups in total. The number of carbonyl (C=O) groups is 1. The van der Waals surface area contributed by atoms with Gasteiger partial charge in [-0.15, -0.1) is 0 Å². The molecule has 0 aliphatic rings. The fourth-order valence-corrected chi connectivity index (χ4v) is 1.06. The molecular formula is C9H13NO2. The van der Waals surface area contributed by atoms with E-state index in [1.54, 1.807) is 6.26 Å². The minimum atomic E-state index is 0.463. The number of nitrogens with zero attached hydrogens (tertiary/aromatic N) is 1. The van der Waals surface area contributed by atoms with E-state index >= 15 is 0 Å². The van der Waals surface area contributed by atoms with Crippen LogP contribution in [0.2, 0.25) is 0 Å². The maximum Gasteiger partial charge on any atom is 0.133 e. The van der Waals surface area contributed by atoms with E-state index in [-0.39, 0.29) is 0 Å². The summed E-state index contributed by atoms with van der Waals surface area (Å²) in [5.41, 5.74) is 1.14. The molecule has 1 heterocycles. The first-order valence-corrected chi connectivity index (χ1v) is 3.89. The molecular weight excluding hydrogens is 154 g/mol. The van der Waals surface area contributed by atoms with Gasteiger partial charge in [0, 0.05) is 12.1 Å². The Morgan fingerprint density at radius 2 is 2.42 bits per heavy atom. The number of aryl methyl sites for hydroxylation is 1. The second-order valence-corrected chi connectivity index (χ2v) is 2.87. The Hall–Kier alpha value is -1.09. The van der Waals surface area contributed by atoms with Gasteiger partial charge in [-0.1, -0.05) is 0 Å². The minimum absolute atomic E-state index is 0.463. The van der Waals surface area contributed by atoms with Gasteiger partial charge in [-0.25, -0.2) is 0 Å². The molecule has 3 nitrogen and oxygen atoms in total. The van der Waals surface area contributed by atoms with E-state index in [9.17, 15) is 4.79 Å². The first-order chi connectivity index (χ1) is 5.74. The van der Waals surface area contributed by atoms with Crippen molar-refractivity contribution in [3.8, 4) is 0 Å². The smallest absolute Gasteiger partial charge is 0.133 e. The van der Waals surface area contributed by atoms with Crippen LogP contribution in [-0.2, 0) is 11.3 Å². The van der Waals surface area contributed by atoms with Gasteiger partial charge in [0.05, 0.1) is 12.8 Å². The Kier molecular flexibility index (Phi) is 3.05. The summed E-state index contributed by atoms with van der Waals surface area (Å²) in [7, 11) is 1.90. The number of hydrogen-bond donors (Lipinski definition) is 0. The third kappa shape index (κ3) is 2.20. The van der Waals surface area contributed by atoms with Gasteiger partial charge in [0.15, 0.2) is 0 Å². The van der Waals surface area contributed by atoms with Gasteiger partial charge in [0.2, 0.25) is 0 Å². The zero-order chi connectivity index (χ0) is 8.97. The lowest BCUT2D eigenvalue weighted by molar-refractivity contribution is -0.108. The van der Waals surface area contributed by atoms with Crippen LogP contribution in [0.3, 0.4) is 0 Å². The molecule has 1 rings (SSSR count). The van der Waals surface area contributed by atoms with Gasteiger partial charge in [-0.3, -0.25) is 4.90 Å². The van der Waals surface area contributed by atoms with Crippen LogP contribution < -0.4 is 0 Å². The van der Waals surface area contributed by atoms with Crippen molar-refractivity contribution in [3.05, 3.63) is 23.7 Å². The predicted octanol–water partition coefficient (Wildman–Crippen LogP) is 1.22. The molecule has 0 unspecified atom stereocenters. The highest BCUT2D eigenvalue weighted by Gasteiger charge is 2.03. The molecule has 0 radical (unpaired) electrons.